The minimum atomic E-state index is -4.29. The molecule has 1 nitrogen and oxygen atoms in total. The third-order valence-corrected chi connectivity index (χ3v) is 1.50. The fraction of sp³-hybridized carbons (Fsp3) is 0.429. The molecule has 0 bridgehead atoms. The average Bonchev–Trinajstić information content (AvgIpc) is 1.86. The van der Waals surface area contributed by atoms with E-state index < -0.39 is 11.7 Å². The molecule has 0 saturated heterocycles. The van der Waals surface area contributed by atoms with Gasteiger partial charge >= 0.3 is 6.18 Å². The lowest BCUT2D eigenvalue weighted by atomic mass is 10.0. The highest BCUT2D eigenvalue weighted by Gasteiger charge is 2.35. The molecule has 11 heavy (non-hydrogen) atoms. The van der Waals surface area contributed by atoms with Crippen molar-refractivity contribution in [1.82, 2.24) is 0 Å². The monoisotopic (exact) mass is 163 g/mol. The normalized spacial score (nSPS) is 19.2. The van der Waals surface area contributed by atoms with Gasteiger partial charge in [-0.2, -0.15) is 13.2 Å². The molecule has 0 aromatic carbocycles. The van der Waals surface area contributed by atoms with Crippen molar-refractivity contribution in [2.75, 3.05) is 0 Å². The second kappa shape index (κ2) is 2.60. The van der Waals surface area contributed by atoms with Crippen LogP contribution in [0, 0.1) is 0 Å². The highest BCUT2D eigenvalue weighted by molar-refractivity contribution is 5.34. The molecule has 0 heterocycles. The van der Waals surface area contributed by atoms with E-state index >= 15 is 0 Å². The molecule has 0 radical (unpaired) electrons. The van der Waals surface area contributed by atoms with E-state index in [4.69, 9.17) is 5.73 Å². The molecule has 1 rings (SSSR count). The molecule has 0 fully saturated rings. The minimum absolute atomic E-state index is 0.149. The van der Waals surface area contributed by atoms with Crippen LogP contribution in [0.15, 0.2) is 23.4 Å². The van der Waals surface area contributed by atoms with Gasteiger partial charge in [0.25, 0.3) is 0 Å². The summed E-state index contributed by atoms with van der Waals surface area (Å²) in [6, 6.07) is 0. The van der Waals surface area contributed by atoms with Gasteiger partial charge in [-0.3, -0.25) is 0 Å². The van der Waals surface area contributed by atoms with E-state index in [1.807, 2.05) is 0 Å². The van der Waals surface area contributed by atoms with Crippen molar-refractivity contribution in [1.29, 1.82) is 0 Å². The van der Waals surface area contributed by atoms with Gasteiger partial charge in [0.05, 0.1) is 5.57 Å². The van der Waals surface area contributed by atoms with Crippen LogP contribution >= 0.6 is 0 Å². The Morgan fingerprint density at radius 1 is 1.18 bits per heavy atom. The first-order valence-electron chi connectivity index (χ1n) is 3.25. The maximum Gasteiger partial charge on any atom is 0.418 e. The predicted molar refractivity (Wildman–Crippen MR) is 35.6 cm³/mol. The van der Waals surface area contributed by atoms with Crippen LogP contribution in [-0.4, -0.2) is 6.18 Å². The molecule has 0 saturated carbocycles. The third kappa shape index (κ3) is 1.76. The Bertz CT molecular complexity index is 212. The third-order valence-electron chi connectivity index (χ3n) is 1.50. The lowest BCUT2D eigenvalue weighted by Gasteiger charge is -2.14. The maximum absolute atomic E-state index is 12.0. The van der Waals surface area contributed by atoms with Gasteiger partial charge in [-0.15, -0.1) is 0 Å². The maximum atomic E-state index is 12.0. The van der Waals surface area contributed by atoms with Gasteiger partial charge in [-0.05, 0) is 12.8 Å². The Hall–Kier alpha value is -0.930. The number of hydrogen-bond acceptors (Lipinski definition) is 1. The first-order valence-corrected chi connectivity index (χ1v) is 3.25. The zero-order chi connectivity index (χ0) is 8.48. The first-order chi connectivity index (χ1) is 5.02. The van der Waals surface area contributed by atoms with E-state index in [0.717, 1.165) is 6.08 Å². The van der Waals surface area contributed by atoms with Gasteiger partial charge in [-0.1, -0.05) is 12.2 Å². The molecule has 0 amide bonds. The second-order valence-corrected chi connectivity index (χ2v) is 2.35. The molecule has 62 valence electrons. The minimum Gasteiger partial charge on any atom is -0.399 e. The second-order valence-electron chi connectivity index (χ2n) is 2.35. The summed E-state index contributed by atoms with van der Waals surface area (Å²) in [4.78, 5) is 0. The molecule has 4 heteroatoms. The quantitative estimate of drug-likeness (QED) is 0.581. The van der Waals surface area contributed by atoms with Crippen LogP contribution in [0.25, 0.3) is 0 Å². The molecule has 0 aromatic heterocycles. The van der Waals surface area contributed by atoms with E-state index in [-0.39, 0.29) is 5.70 Å². The topological polar surface area (TPSA) is 26.0 Å². The molecule has 1 aliphatic carbocycles. The molecular weight excluding hydrogens is 155 g/mol. The fourth-order valence-corrected chi connectivity index (χ4v) is 0.974. The van der Waals surface area contributed by atoms with Crippen LogP contribution in [-0.2, 0) is 0 Å². The number of halogens is 3. The van der Waals surface area contributed by atoms with Crippen LogP contribution in [0.3, 0.4) is 0 Å². The largest absolute Gasteiger partial charge is 0.418 e. The van der Waals surface area contributed by atoms with Crippen molar-refractivity contribution < 1.29 is 13.2 Å². The highest BCUT2D eigenvalue weighted by atomic mass is 19.4. The van der Waals surface area contributed by atoms with Gasteiger partial charge in [-0.25, -0.2) is 0 Å². The lowest BCUT2D eigenvalue weighted by molar-refractivity contribution is -0.0898. The highest BCUT2D eigenvalue weighted by Crippen LogP contribution is 2.31. The summed E-state index contributed by atoms with van der Waals surface area (Å²) in [5.74, 6) is 0. The van der Waals surface area contributed by atoms with Gasteiger partial charge in [0, 0.05) is 5.70 Å². The van der Waals surface area contributed by atoms with Crippen molar-refractivity contribution in [2.24, 2.45) is 5.73 Å². The van der Waals surface area contributed by atoms with Gasteiger partial charge in [0.15, 0.2) is 0 Å². The summed E-state index contributed by atoms with van der Waals surface area (Å²) in [6.45, 7) is 0. The SMILES string of the molecule is NC1=CCCC=C1C(F)(F)F. The van der Waals surface area contributed by atoms with Crippen LogP contribution in [0.2, 0.25) is 0 Å². The number of nitrogens with two attached hydrogens (primary N) is 1. The molecular formula is C7H8F3N. The zero-order valence-corrected chi connectivity index (χ0v) is 5.78. The summed E-state index contributed by atoms with van der Waals surface area (Å²) in [5, 5.41) is 0. The Balaban J connectivity index is 2.87. The number of allylic oxidation sites excluding steroid dienone is 3. The zero-order valence-electron chi connectivity index (χ0n) is 5.78. The molecule has 1 aliphatic rings. The smallest absolute Gasteiger partial charge is 0.399 e. The lowest BCUT2D eigenvalue weighted by Crippen LogP contribution is -2.19. The van der Waals surface area contributed by atoms with Crippen molar-refractivity contribution in [3.05, 3.63) is 23.4 Å². The Morgan fingerprint density at radius 2 is 1.73 bits per heavy atom. The van der Waals surface area contributed by atoms with Gasteiger partial charge in [0.1, 0.15) is 0 Å². The molecule has 0 atom stereocenters. The average molecular weight is 163 g/mol. The Kier molecular flexibility index (Phi) is 1.93. The van der Waals surface area contributed by atoms with Crippen LogP contribution < -0.4 is 5.73 Å². The molecule has 0 aliphatic heterocycles. The molecule has 0 aromatic rings. The Labute approximate surface area is 62.4 Å². The van der Waals surface area contributed by atoms with Crippen LogP contribution in [0.4, 0.5) is 13.2 Å². The molecule has 0 spiro atoms. The number of alkyl halides is 3. The van der Waals surface area contributed by atoms with Crippen LogP contribution in [0.5, 0.6) is 0 Å². The predicted octanol–water partition coefficient (Wildman–Crippen LogP) is 2.11. The van der Waals surface area contributed by atoms with E-state index in [2.05, 4.69) is 0 Å². The number of rotatable bonds is 0. The first kappa shape index (κ1) is 8.17. The molecule has 0 unspecified atom stereocenters. The van der Waals surface area contributed by atoms with Gasteiger partial charge < -0.3 is 5.73 Å². The summed E-state index contributed by atoms with van der Waals surface area (Å²) in [7, 11) is 0. The van der Waals surface area contributed by atoms with Crippen molar-refractivity contribution in [3.63, 3.8) is 0 Å². The van der Waals surface area contributed by atoms with E-state index in [1.54, 1.807) is 0 Å². The number of hydrogen-bond donors (Lipinski definition) is 1. The summed E-state index contributed by atoms with van der Waals surface area (Å²) in [5.41, 5.74) is 4.30. The summed E-state index contributed by atoms with van der Waals surface area (Å²) >= 11 is 0. The fourth-order valence-electron chi connectivity index (χ4n) is 0.974. The standard InChI is InChI=1S/C7H8F3N/c8-7(9,10)5-3-1-2-4-6(5)11/h3-4H,1-2,11H2. The van der Waals surface area contributed by atoms with Crippen molar-refractivity contribution in [3.8, 4) is 0 Å². The van der Waals surface area contributed by atoms with Crippen molar-refractivity contribution in [2.45, 2.75) is 19.0 Å². The summed E-state index contributed by atoms with van der Waals surface area (Å²) < 4.78 is 36.0. The van der Waals surface area contributed by atoms with Gasteiger partial charge in [0.2, 0.25) is 0 Å². The van der Waals surface area contributed by atoms with E-state index in [1.165, 1.54) is 6.08 Å². The Morgan fingerprint density at radius 3 is 2.09 bits per heavy atom. The van der Waals surface area contributed by atoms with E-state index in [0.29, 0.717) is 12.8 Å². The van der Waals surface area contributed by atoms with Crippen molar-refractivity contribution >= 4 is 0 Å². The molecule has 2 N–H and O–H groups in total. The summed E-state index contributed by atoms with van der Waals surface area (Å²) in [6.07, 6.45) is -0.722. The van der Waals surface area contributed by atoms with Crippen LogP contribution in [0.1, 0.15) is 12.8 Å². The van der Waals surface area contributed by atoms with E-state index in [9.17, 15) is 13.2 Å².